The number of rotatable bonds is 5. The van der Waals surface area contributed by atoms with E-state index in [0.29, 0.717) is 22.6 Å². The Kier molecular flexibility index (Phi) is 5.34. The maximum atomic E-state index is 13.3. The highest BCUT2D eigenvalue weighted by atomic mass is 32.2. The molecule has 5 rings (SSSR count). The maximum Gasteiger partial charge on any atom is 0.269 e. The molecular formula is C23H15N3O6S2. The van der Waals surface area contributed by atoms with Gasteiger partial charge in [-0.2, -0.15) is 0 Å². The van der Waals surface area contributed by atoms with E-state index in [0.717, 1.165) is 29.7 Å². The second kappa shape index (κ2) is 8.36. The second-order valence-corrected chi connectivity index (χ2v) is 10.5. The van der Waals surface area contributed by atoms with E-state index in [1.807, 2.05) is 36.4 Å². The third kappa shape index (κ3) is 3.80. The van der Waals surface area contributed by atoms with E-state index in [1.54, 1.807) is 12.1 Å². The molecule has 3 aromatic carbocycles. The normalized spacial score (nSPS) is 12.8. The molecule has 0 saturated heterocycles. The van der Waals surface area contributed by atoms with Gasteiger partial charge in [-0.1, -0.05) is 47.7 Å². The number of anilines is 1. The topological polar surface area (TPSA) is 128 Å². The molecule has 1 amide bonds. The molecule has 0 radical (unpaired) electrons. The average Bonchev–Trinajstić information content (AvgIpc) is 3.31. The Morgan fingerprint density at radius 1 is 0.971 bits per heavy atom. The molecule has 4 aromatic rings. The molecule has 1 N–H and O–H groups in total. The fraction of sp³-hybridized carbons (Fsp3) is 0.0435. The Morgan fingerprint density at radius 3 is 2.15 bits per heavy atom. The number of nitro benzene ring substituents is 1. The molecule has 9 nitrogen and oxygen atoms in total. The highest BCUT2D eigenvalue weighted by molar-refractivity contribution is 7.93. The number of nitrogens with one attached hydrogen (secondary N) is 1. The number of nitro groups is 1. The highest BCUT2D eigenvalue weighted by Crippen LogP contribution is 2.44. The summed E-state index contributed by atoms with van der Waals surface area (Å²) in [6.07, 6.45) is 1.16. The van der Waals surface area contributed by atoms with Crippen LogP contribution in [0.2, 0.25) is 0 Å². The quantitative estimate of drug-likeness (QED) is 0.313. The summed E-state index contributed by atoms with van der Waals surface area (Å²) in [4.78, 5) is 27.5. The van der Waals surface area contributed by atoms with Crippen LogP contribution in [0.5, 0.6) is 11.5 Å². The van der Waals surface area contributed by atoms with E-state index in [1.165, 1.54) is 12.1 Å². The van der Waals surface area contributed by atoms with Gasteiger partial charge in [0.2, 0.25) is 15.7 Å². The van der Waals surface area contributed by atoms with Gasteiger partial charge in [0, 0.05) is 23.3 Å². The third-order valence-corrected chi connectivity index (χ3v) is 8.42. The van der Waals surface area contributed by atoms with Gasteiger partial charge in [0.1, 0.15) is 15.7 Å². The number of benzene rings is 3. The number of hydrogen-bond donors (Lipinski definition) is 1. The number of aromatic nitrogens is 1. The summed E-state index contributed by atoms with van der Waals surface area (Å²) in [6, 6.07) is 19.0. The molecule has 0 saturated carbocycles. The molecule has 0 aliphatic carbocycles. The first-order chi connectivity index (χ1) is 16.3. The molecule has 170 valence electrons. The number of thiazole rings is 1. The molecule has 11 heteroatoms. The molecule has 0 spiro atoms. The fourth-order valence-electron chi connectivity index (χ4n) is 3.67. The van der Waals surface area contributed by atoms with Gasteiger partial charge in [0.05, 0.1) is 21.9 Å². The lowest BCUT2D eigenvalue weighted by Crippen LogP contribution is -2.24. The van der Waals surface area contributed by atoms with Gasteiger partial charge in [-0.25, -0.2) is 13.4 Å². The maximum absolute atomic E-state index is 13.3. The third-order valence-electron chi connectivity index (χ3n) is 5.28. The van der Waals surface area contributed by atoms with Crippen LogP contribution in [0.25, 0.3) is 0 Å². The monoisotopic (exact) mass is 493 g/mol. The molecule has 1 aliphatic rings. The Morgan fingerprint density at radius 2 is 1.56 bits per heavy atom. The molecule has 0 unspecified atom stereocenters. The zero-order valence-electron chi connectivity index (χ0n) is 17.2. The van der Waals surface area contributed by atoms with Crippen molar-refractivity contribution in [3.8, 4) is 11.5 Å². The Labute approximate surface area is 197 Å². The van der Waals surface area contributed by atoms with E-state index in [-0.39, 0.29) is 25.8 Å². The number of amides is 1. The van der Waals surface area contributed by atoms with Gasteiger partial charge in [-0.15, -0.1) is 0 Å². The van der Waals surface area contributed by atoms with Crippen LogP contribution < -0.4 is 10.1 Å². The van der Waals surface area contributed by atoms with Gasteiger partial charge in [0.15, 0.2) is 5.13 Å². The summed E-state index contributed by atoms with van der Waals surface area (Å²) >= 11 is 0.804. The summed E-state index contributed by atoms with van der Waals surface area (Å²) < 4.78 is 31.7. The molecule has 0 bridgehead atoms. The number of ether oxygens (including phenoxy) is 1. The predicted molar refractivity (Wildman–Crippen MR) is 124 cm³/mol. The average molecular weight is 494 g/mol. The summed E-state index contributed by atoms with van der Waals surface area (Å²) in [6.45, 7) is 0. The number of carbonyl (C=O) groups excluding carboxylic acids is 1. The van der Waals surface area contributed by atoms with E-state index >= 15 is 0 Å². The van der Waals surface area contributed by atoms with Crippen molar-refractivity contribution in [3.05, 3.63) is 100 Å². The van der Waals surface area contributed by atoms with Gasteiger partial charge in [-0.3, -0.25) is 14.9 Å². The van der Waals surface area contributed by atoms with Crippen LogP contribution >= 0.6 is 11.3 Å². The largest absolute Gasteiger partial charge is 0.457 e. The summed E-state index contributed by atoms with van der Waals surface area (Å²) in [5.74, 6) is 0.0977. The first kappa shape index (κ1) is 21.7. The van der Waals surface area contributed by atoms with Crippen LogP contribution in [0, 0.1) is 10.1 Å². The molecule has 2 heterocycles. The summed E-state index contributed by atoms with van der Waals surface area (Å²) in [7, 11) is -3.96. The van der Waals surface area contributed by atoms with Gasteiger partial charge < -0.3 is 10.1 Å². The van der Waals surface area contributed by atoms with Crippen LogP contribution in [-0.4, -0.2) is 24.2 Å². The standard InChI is InChI=1S/C23H15N3O6S2/c27-22(21-16-5-1-3-7-18(16)32-19-8-4-2-6-17(19)21)25-23-24-13-20(33-23)34(30,31)15-11-9-14(10-12-15)26(28)29/h1-13,21H,(H,24,25,27). The van der Waals surface area contributed by atoms with Gasteiger partial charge >= 0.3 is 0 Å². The van der Waals surface area contributed by atoms with E-state index in [9.17, 15) is 23.3 Å². The number of hydrogen-bond acceptors (Lipinski definition) is 8. The Bertz CT molecular complexity index is 1480. The van der Waals surface area contributed by atoms with Crippen molar-refractivity contribution in [2.24, 2.45) is 0 Å². The zero-order chi connectivity index (χ0) is 23.9. The summed E-state index contributed by atoms with van der Waals surface area (Å²) in [5, 5.41) is 13.7. The highest BCUT2D eigenvalue weighted by Gasteiger charge is 2.33. The smallest absolute Gasteiger partial charge is 0.269 e. The number of nitrogens with zero attached hydrogens (tertiary/aromatic N) is 2. The number of sulfone groups is 1. The van der Waals surface area contributed by atoms with Crippen LogP contribution in [-0.2, 0) is 14.6 Å². The molecule has 0 atom stereocenters. The SMILES string of the molecule is O=C(Nc1ncc(S(=O)(=O)c2ccc([N+](=O)[O-])cc2)s1)C1c2ccccc2Oc2ccccc21. The van der Waals surface area contributed by atoms with Crippen molar-refractivity contribution in [2.45, 2.75) is 15.0 Å². The van der Waals surface area contributed by atoms with E-state index in [4.69, 9.17) is 4.74 Å². The van der Waals surface area contributed by atoms with Crippen molar-refractivity contribution >= 4 is 37.9 Å². The molecule has 1 aromatic heterocycles. The first-order valence-electron chi connectivity index (χ1n) is 9.96. The van der Waals surface area contributed by atoms with E-state index < -0.39 is 20.7 Å². The van der Waals surface area contributed by atoms with Crippen molar-refractivity contribution in [3.63, 3.8) is 0 Å². The minimum Gasteiger partial charge on any atom is -0.457 e. The fourth-order valence-corrected chi connectivity index (χ4v) is 6.11. The minimum absolute atomic E-state index is 0.0931. The lowest BCUT2D eigenvalue weighted by molar-refractivity contribution is -0.384. The van der Waals surface area contributed by atoms with Crippen LogP contribution in [0.1, 0.15) is 17.0 Å². The van der Waals surface area contributed by atoms with Gasteiger partial charge in [0.25, 0.3) is 5.69 Å². The lowest BCUT2D eigenvalue weighted by atomic mass is 9.87. The Balaban J connectivity index is 1.42. The lowest BCUT2D eigenvalue weighted by Gasteiger charge is -2.27. The van der Waals surface area contributed by atoms with Gasteiger partial charge in [-0.05, 0) is 24.3 Å². The molecular weight excluding hydrogens is 478 g/mol. The minimum atomic E-state index is -3.96. The Hall–Kier alpha value is -4.09. The van der Waals surface area contributed by atoms with Crippen molar-refractivity contribution in [1.29, 1.82) is 0 Å². The summed E-state index contributed by atoms with van der Waals surface area (Å²) in [5.41, 5.74) is 1.16. The number of carbonyl (C=O) groups is 1. The number of non-ortho nitro benzene ring substituents is 1. The molecule has 1 aliphatic heterocycles. The van der Waals surface area contributed by atoms with Crippen LogP contribution in [0.4, 0.5) is 10.8 Å². The second-order valence-electron chi connectivity index (χ2n) is 7.34. The van der Waals surface area contributed by atoms with Crippen LogP contribution in [0.15, 0.2) is 88.1 Å². The van der Waals surface area contributed by atoms with Crippen molar-refractivity contribution in [1.82, 2.24) is 4.98 Å². The predicted octanol–water partition coefficient (Wildman–Crippen LogP) is 4.76. The number of para-hydroxylation sites is 2. The first-order valence-corrected chi connectivity index (χ1v) is 12.3. The zero-order valence-corrected chi connectivity index (χ0v) is 18.9. The van der Waals surface area contributed by atoms with E-state index in [2.05, 4.69) is 10.3 Å². The molecule has 34 heavy (non-hydrogen) atoms. The van der Waals surface area contributed by atoms with Crippen molar-refractivity contribution < 1.29 is 22.9 Å². The van der Waals surface area contributed by atoms with Crippen LogP contribution in [0.3, 0.4) is 0 Å². The number of fused-ring (bicyclic) bond motifs is 2. The molecule has 0 fully saturated rings. The van der Waals surface area contributed by atoms with Crippen molar-refractivity contribution in [2.75, 3.05) is 5.32 Å².